The van der Waals surface area contributed by atoms with E-state index in [1.54, 1.807) is 0 Å². The molecule has 0 aromatic heterocycles. The molecule has 18 heavy (non-hydrogen) atoms. The van der Waals surface area contributed by atoms with Crippen LogP contribution < -0.4 is 0 Å². The van der Waals surface area contributed by atoms with Crippen LogP contribution in [0.1, 0.15) is 65.2 Å². The molecule has 2 rings (SSSR count). The number of hydrogen-bond acceptors (Lipinski definition) is 1. The van der Waals surface area contributed by atoms with Crippen molar-refractivity contribution in [3.8, 4) is 0 Å². The van der Waals surface area contributed by atoms with E-state index >= 15 is 0 Å². The minimum Gasteiger partial charge on any atom is -0.317 e. The average Bonchev–Trinajstić information content (AvgIpc) is 2.32. The summed E-state index contributed by atoms with van der Waals surface area (Å²) in [5.74, 6) is 0.731. The maximum atomic E-state index is 14.1. The Morgan fingerprint density at radius 1 is 0.778 bits per heavy atom. The van der Waals surface area contributed by atoms with E-state index in [-0.39, 0.29) is 6.10 Å². The first-order valence-electron chi connectivity index (χ1n) is 7.53. The van der Waals surface area contributed by atoms with Gasteiger partial charge in [-0.25, -0.2) is 0 Å². The van der Waals surface area contributed by atoms with Crippen molar-refractivity contribution >= 4 is 0 Å². The zero-order chi connectivity index (χ0) is 13.2. The van der Waals surface area contributed by atoms with E-state index in [0.717, 1.165) is 38.5 Å². The van der Waals surface area contributed by atoms with Crippen LogP contribution >= 0.6 is 0 Å². The van der Waals surface area contributed by atoms with Gasteiger partial charge in [0, 0.05) is 0 Å². The summed E-state index contributed by atoms with van der Waals surface area (Å²) in [6.07, 6.45) is 3.65. The van der Waals surface area contributed by atoms with E-state index in [0.29, 0.717) is 24.7 Å². The van der Waals surface area contributed by atoms with E-state index in [1.807, 2.05) is 0 Å². The third kappa shape index (κ3) is 3.66. The van der Waals surface area contributed by atoms with Crippen molar-refractivity contribution in [3.63, 3.8) is 0 Å². The van der Waals surface area contributed by atoms with Gasteiger partial charge in [0.25, 0.3) is 0 Å². The summed E-state index contributed by atoms with van der Waals surface area (Å²) < 4.78 is 33.4. The number of halogens is 2. The minimum atomic E-state index is -2.90. The molecule has 0 unspecified atom stereocenters. The Hall–Kier alpha value is -0.180. The lowest BCUT2D eigenvalue weighted by Gasteiger charge is -2.36. The molecule has 0 aromatic rings. The molecule has 2 aliphatic carbocycles. The van der Waals surface area contributed by atoms with Crippen molar-refractivity contribution in [1.29, 1.82) is 0 Å². The van der Waals surface area contributed by atoms with E-state index in [2.05, 4.69) is 13.8 Å². The topological polar surface area (TPSA) is 9.23 Å². The van der Waals surface area contributed by atoms with Crippen LogP contribution in [0.3, 0.4) is 0 Å². The second-order valence-corrected chi connectivity index (χ2v) is 6.52. The average molecular weight is 260 g/mol. The van der Waals surface area contributed by atoms with Crippen LogP contribution in [0.5, 0.6) is 0 Å². The van der Waals surface area contributed by atoms with Crippen LogP contribution in [-0.2, 0) is 4.74 Å². The Bertz CT molecular complexity index is 251. The smallest absolute Gasteiger partial charge is 0.317 e. The largest absolute Gasteiger partial charge is 0.358 e. The summed E-state index contributed by atoms with van der Waals surface area (Å²) in [6.45, 7) is 4.34. The highest BCUT2D eigenvalue weighted by Gasteiger charge is 2.44. The van der Waals surface area contributed by atoms with Crippen molar-refractivity contribution < 1.29 is 13.5 Å². The van der Waals surface area contributed by atoms with Gasteiger partial charge in [-0.3, -0.25) is 0 Å². The lowest BCUT2D eigenvalue weighted by molar-refractivity contribution is -0.301. The maximum Gasteiger partial charge on any atom is 0.358 e. The quantitative estimate of drug-likeness (QED) is 0.693. The van der Waals surface area contributed by atoms with Gasteiger partial charge < -0.3 is 4.74 Å². The van der Waals surface area contributed by atoms with E-state index in [9.17, 15) is 8.78 Å². The molecule has 3 heteroatoms. The van der Waals surface area contributed by atoms with Crippen LogP contribution in [0.4, 0.5) is 8.78 Å². The number of alkyl halides is 2. The lowest BCUT2D eigenvalue weighted by atomic mass is 9.82. The van der Waals surface area contributed by atoms with Crippen LogP contribution in [0, 0.1) is 17.8 Å². The normalized spacial score (nSPS) is 38.7. The molecule has 0 amide bonds. The molecular weight excluding hydrogens is 234 g/mol. The van der Waals surface area contributed by atoms with Gasteiger partial charge in [-0.2, -0.15) is 8.78 Å². The molecule has 1 nitrogen and oxygen atoms in total. The third-order valence-electron chi connectivity index (χ3n) is 4.78. The molecule has 0 aliphatic heterocycles. The highest BCUT2D eigenvalue weighted by atomic mass is 19.3. The van der Waals surface area contributed by atoms with Crippen molar-refractivity contribution in [3.05, 3.63) is 0 Å². The summed E-state index contributed by atoms with van der Waals surface area (Å²) >= 11 is 0. The number of ether oxygens (including phenoxy) is 1. The molecule has 106 valence electrons. The first kappa shape index (κ1) is 14.2. The van der Waals surface area contributed by atoms with Crippen molar-refractivity contribution in [2.24, 2.45) is 17.8 Å². The van der Waals surface area contributed by atoms with Crippen molar-refractivity contribution in [1.82, 2.24) is 0 Å². The van der Waals surface area contributed by atoms with E-state index in [4.69, 9.17) is 4.74 Å². The Morgan fingerprint density at radius 3 is 1.72 bits per heavy atom. The number of rotatable bonds is 3. The van der Waals surface area contributed by atoms with E-state index < -0.39 is 12.0 Å². The lowest BCUT2D eigenvalue weighted by Crippen LogP contribution is -2.38. The van der Waals surface area contributed by atoms with Crippen LogP contribution in [-0.4, -0.2) is 12.2 Å². The molecule has 0 heterocycles. The predicted molar refractivity (Wildman–Crippen MR) is 68.6 cm³/mol. The second-order valence-electron chi connectivity index (χ2n) is 6.52. The molecule has 2 aliphatic rings. The van der Waals surface area contributed by atoms with Crippen LogP contribution in [0.25, 0.3) is 0 Å². The molecule has 2 fully saturated rings. The molecule has 0 bridgehead atoms. The van der Waals surface area contributed by atoms with Gasteiger partial charge in [-0.15, -0.1) is 0 Å². The summed E-state index contributed by atoms with van der Waals surface area (Å²) in [4.78, 5) is 0. The van der Waals surface area contributed by atoms with Gasteiger partial charge in [-0.1, -0.05) is 26.7 Å². The Kier molecular flexibility index (Phi) is 4.63. The zero-order valence-electron chi connectivity index (χ0n) is 11.6. The van der Waals surface area contributed by atoms with Crippen molar-refractivity contribution in [2.75, 3.05) is 0 Å². The molecule has 0 aromatic carbocycles. The Morgan fingerprint density at radius 2 is 1.22 bits per heavy atom. The highest BCUT2D eigenvalue weighted by molar-refractivity contribution is 4.79. The molecule has 0 spiro atoms. The SMILES string of the molecule is CC1CCC(OC(F)(F)C2CCC(C)CC2)CC1. The van der Waals surface area contributed by atoms with Gasteiger partial charge in [-0.05, 0) is 50.4 Å². The summed E-state index contributed by atoms with van der Waals surface area (Å²) in [5.41, 5.74) is 0. The minimum absolute atomic E-state index is 0.212. The fourth-order valence-electron chi connectivity index (χ4n) is 3.26. The molecule has 0 atom stereocenters. The van der Waals surface area contributed by atoms with Gasteiger partial charge in [0.15, 0.2) is 0 Å². The fourth-order valence-corrected chi connectivity index (χ4v) is 3.26. The van der Waals surface area contributed by atoms with E-state index in [1.165, 1.54) is 0 Å². The molecular formula is C15H26F2O. The maximum absolute atomic E-state index is 14.1. The van der Waals surface area contributed by atoms with Gasteiger partial charge in [0.05, 0.1) is 12.0 Å². The molecule has 0 radical (unpaired) electrons. The summed E-state index contributed by atoms with van der Waals surface area (Å²) in [6, 6.07) is 0. The van der Waals surface area contributed by atoms with Gasteiger partial charge >= 0.3 is 6.11 Å². The second kappa shape index (κ2) is 5.85. The van der Waals surface area contributed by atoms with Crippen LogP contribution in [0.15, 0.2) is 0 Å². The van der Waals surface area contributed by atoms with Gasteiger partial charge in [0.1, 0.15) is 0 Å². The van der Waals surface area contributed by atoms with Crippen molar-refractivity contribution in [2.45, 2.75) is 77.4 Å². The first-order valence-corrected chi connectivity index (χ1v) is 7.53. The Labute approximate surface area is 109 Å². The standard InChI is InChI=1S/C15H26F2O/c1-11-3-7-13(8-4-11)15(16,17)18-14-9-5-12(2)6-10-14/h11-14H,3-10H2,1-2H3. The fraction of sp³-hybridized carbons (Fsp3) is 1.00. The third-order valence-corrected chi connectivity index (χ3v) is 4.78. The Balaban J connectivity index is 1.82. The monoisotopic (exact) mass is 260 g/mol. The molecule has 2 saturated carbocycles. The molecule has 0 saturated heterocycles. The van der Waals surface area contributed by atoms with Gasteiger partial charge in [0.2, 0.25) is 0 Å². The first-order chi connectivity index (χ1) is 8.47. The number of hydrogen-bond donors (Lipinski definition) is 0. The summed E-state index contributed by atoms with van der Waals surface area (Å²) in [5, 5.41) is 0. The van der Waals surface area contributed by atoms with Crippen LogP contribution in [0.2, 0.25) is 0 Å². The predicted octanol–water partition coefficient (Wildman–Crippen LogP) is 5.00. The highest BCUT2D eigenvalue weighted by Crippen LogP contribution is 2.41. The zero-order valence-corrected chi connectivity index (χ0v) is 11.6. The molecule has 0 N–H and O–H groups in total. The summed E-state index contributed by atoms with van der Waals surface area (Å²) in [7, 11) is 0.